The Hall–Kier alpha value is -1.88. The number of ether oxygens (including phenoxy) is 1. The summed E-state index contributed by atoms with van der Waals surface area (Å²) in [5.41, 5.74) is 3.36. The number of thiocarbonyl (C=S) groups is 1. The summed E-state index contributed by atoms with van der Waals surface area (Å²) in [6.45, 7) is 0.688. The maximum atomic E-state index is 6.33. The Morgan fingerprint density at radius 2 is 1.92 bits per heavy atom. The first-order valence-electron chi connectivity index (χ1n) is 8.02. The molecule has 0 saturated heterocycles. The molecule has 1 aliphatic rings. The summed E-state index contributed by atoms with van der Waals surface area (Å²) in [7, 11) is 1.96. The topological polar surface area (TPSA) is 12.5 Å². The van der Waals surface area contributed by atoms with Gasteiger partial charge in [-0.2, -0.15) is 0 Å². The van der Waals surface area contributed by atoms with Crippen molar-refractivity contribution < 1.29 is 4.74 Å². The molecule has 2 aromatic carbocycles. The molecule has 1 aliphatic heterocycles. The summed E-state index contributed by atoms with van der Waals surface area (Å²) in [4.78, 5) is 5.09. The maximum absolute atomic E-state index is 6.33. The lowest BCUT2D eigenvalue weighted by molar-refractivity contribution is 0.326. The lowest BCUT2D eigenvalue weighted by Crippen LogP contribution is -2.24. The summed E-state index contributed by atoms with van der Waals surface area (Å²) in [6.07, 6.45) is 0.888. The van der Waals surface area contributed by atoms with Crippen LogP contribution in [-0.4, -0.2) is 18.6 Å². The van der Waals surface area contributed by atoms with Crippen molar-refractivity contribution >= 4 is 45.8 Å². The van der Waals surface area contributed by atoms with Crippen LogP contribution in [0.3, 0.4) is 0 Å². The molecule has 0 bridgehead atoms. The van der Waals surface area contributed by atoms with Crippen LogP contribution in [0.4, 0.5) is 5.69 Å². The van der Waals surface area contributed by atoms with E-state index in [0.29, 0.717) is 11.6 Å². The fraction of sp³-hybridized carbons (Fsp3) is 0.150. The quantitative estimate of drug-likeness (QED) is 0.516. The van der Waals surface area contributed by atoms with Crippen molar-refractivity contribution in [2.24, 2.45) is 0 Å². The second kappa shape index (κ2) is 6.79. The average Bonchev–Trinajstić information content (AvgIpc) is 2.98. The van der Waals surface area contributed by atoms with E-state index >= 15 is 0 Å². The van der Waals surface area contributed by atoms with Crippen LogP contribution in [0.25, 0.3) is 10.4 Å². The predicted octanol–water partition coefficient (Wildman–Crippen LogP) is 5.82. The Bertz CT molecular complexity index is 950. The summed E-state index contributed by atoms with van der Waals surface area (Å²) in [5, 5.41) is 0.698. The molecule has 0 atom stereocenters. The van der Waals surface area contributed by atoms with Crippen LogP contribution in [0.15, 0.2) is 54.6 Å². The number of nitrogens with zero attached hydrogens (tertiary/aromatic N) is 1. The second-order valence-electron chi connectivity index (χ2n) is 5.88. The van der Waals surface area contributed by atoms with E-state index in [1.54, 1.807) is 11.3 Å². The first kappa shape index (κ1) is 16.6. The number of rotatable bonds is 2. The Kier molecular flexibility index (Phi) is 4.50. The molecule has 0 radical (unpaired) electrons. The molecular formula is C20H16ClNOS2. The monoisotopic (exact) mass is 385 g/mol. The zero-order chi connectivity index (χ0) is 17.4. The SMILES string of the molecule is CN(C(=S)c1cc2c(s1)-c1ccccc1OCC2)c1ccccc1Cl. The highest BCUT2D eigenvalue weighted by atomic mass is 35.5. The number of para-hydroxylation sites is 2. The average molecular weight is 386 g/mol. The van der Waals surface area contributed by atoms with Crippen molar-refractivity contribution in [3.8, 4) is 16.2 Å². The molecule has 0 aliphatic carbocycles. The fourth-order valence-electron chi connectivity index (χ4n) is 3.00. The number of halogens is 1. The summed E-state index contributed by atoms with van der Waals surface area (Å²) in [5.74, 6) is 0.944. The number of hydrogen-bond acceptors (Lipinski definition) is 3. The Morgan fingerprint density at radius 1 is 1.16 bits per heavy atom. The van der Waals surface area contributed by atoms with Gasteiger partial charge in [-0.25, -0.2) is 0 Å². The molecule has 4 rings (SSSR count). The number of hydrogen-bond donors (Lipinski definition) is 0. The van der Waals surface area contributed by atoms with E-state index in [2.05, 4.69) is 12.1 Å². The van der Waals surface area contributed by atoms with Crippen LogP contribution in [0.2, 0.25) is 5.02 Å². The van der Waals surface area contributed by atoms with Gasteiger partial charge in [0, 0.05) is 23.9 Å². The molecular weight excluding hydrogens is 370 g/mol. The minimum atomic E-state index is 0.688. The van der Waals surface area contributed by atoms with Crippen molar-refractivity contribution in [1.82, 2.24) is 0 Å². The van der Waals surface area contributed by atoms with Crippen molar-refractivity contribution in [2.45, 2.75) is 6.42 Å². The molecule has 0 saturated carbocycles. The fourth-order valence-corrected chi connectivity index (χ4v) is 4.76. The summed E-state index contributed by atoms with van der Waals surface area (Å²) >= 11 is 13.8. The number of fused-ring (bicyclic) bond motifs is 3. The third kappa shape index (κ3) is 3.06. The van der Waals surface area contributed by atoms with E-state index in [1.165, 1.54) is 10.4 Å². The van der Waals surface area contributed by atoms with E-state index in [9.17, 15) is 0 Å². The van der Waals surface area contributed by atoms with Crippen LogP contribution in [0.1, 0.15) is 10.4 Å². The van der Waals surface area contributed by atoms with Gasteiger partial charge >= 0.3 is 0 Å². The van der Waals surface area contributed by atoms with E-state index < -0.39 is 0 Å². The highest BCUT2D eigenvalue weighted by Crippen LogP contribution is 2.41. The minimum Gasteiger partial charge on any atom is -0.493 e. The summed E-state index contributed by atoms with van der Waals surface area (Å²) in [6, 6.07) is 18.1. The van der Waals surface area contributed by atoms with Gasteiger partial charge in [-0.15, -0.1) is 11.3 Å². The van der Waals surface area contributed by atoms with E-state index in [1.807, 2.05) is 54.4 Å². The standard InChI is InChI=1S/C20H16ClNOS2/c1-22(16-8-4-3-7-15(16)21)20(24)18-12-13-10-11-23-17-9-5-2-6-14(17)19(13)25-18/h2-9,12H,10-11H2,1H3. The van der Waals surface area contributed by atoms with Gasteiger partial charge < -0.3 is 9.64 Å². The Morgan fingerprint density at radius 3 is 2.76 bits per heavy atom. The number of benzene rings is 2. The van der Waals surface area contributed by atoms with Gasteiger partial charge in [0.2, 0.25) is 0 Å². The van der Waals surface area contributed by atoms with Crippen molar-refractivity contribution in [1.29, 1.82) is 0 Å². The van der Waals surface area contributed by atoms with Crippen molar-refractivity contribution in [3.63, 3.8) is 0 Å². The number of anilines is 1. The van der Waals surface area contributed by atoms with Gasteiger partial charge in [0.05, 0.1) is 22.2 Å². The molecule has 25 heavy (non-hydrogen) atoms. The van der Waals surface area contributed by atoms with E-state index in [0.717, 1.165) is 33.3 Å². The van der Waals surface area contributed by atoms with Crippen molar-refractivity contribution in [2.75, 3.05) is 18.6 Å². The molecule has 5 heteroatoms. The lowest BCUT2D eigenvalue weighted by Gasteiger charge is -2.20. The van der Waals surface area contributed by atoms with Crippen LogP contribution in [0.5, 0.6) is 5.75 Å². The number of thiophene rings is 1. The Balaban J connectivity index is 1.73. The minimum absolute atomic E-state index is 0.688. The highest BCUT2D eigenvalue weighted by Gasteiger charge is 2.21. The lowest BCUT2D eigenvalue weighted by atomic mass is 10.1. The highest BCUT2D eigenvalue weighted by molar-refractivity contribution is 7.81. The predicted molar refractivity (Wildman–Crippen MR) is 111 cm³/mol. The van der Waals surface area contributed by atoms with Gasteiger partial charge in [-0.1, -0.05) is 48.1 Å². The first-order valence-corrected chi connectivity index (χ1v) is 9.63. The molecule has 2 heterocycles. The largest absolute Gasteiger partial charge is 0.493 e. The second-order valence-corrected chi connectivity index (χ2v) is 7.72. The zero-order valence-electron chi connectivity index (χ0n) is 13.7. The smallest absolute Gasteiger partial charge is 0.127 e. The third-order valence-corrected chi connectivity index (χ3v) is 6.46. The Labute approximate surface area is 161 Å². The molecule has 3 aromatic rings. The molecule has 0 spiro atoms. The normalized spacial score (nSPS) is 12.6. The van der Waals surface area contributed by atoms with Crippen LogP contribution in [0, 0.1) is 0 Å². The molecule has 2 nitrogen and oxygen atoms in total. The van der Waals surface area contributed by atoms with Crippen molar-refractivity contribution in [3.05, 3.63) is 70.1 Å². The molecule has 0 unspecified atom stereocenters. The van der Waals surface area contributed by atoms with Gasteiger partial charge in [0.1, 0.15) is 10.7 Å². The van der Waals surface area contributed by atoms with Crippen LogP contribution in [-0.2, 0) is 6.42 Å². The molecule has 126 valence electrons. The zero-order valence-corrected chi connectivity index (χ0v) is 16.0. The van der Waals surface area contributed by atoms with E-state index in [-0.39, 0.29) is 0 Å². The van der Waals surface area contributed by atoms with Gasteiger partial charge in [0.15, 0.2) is 0 Å². The van der Waals surface area contributed by atoms with Gasteiger partial charge in [-0.05, 0) is 35.9 Å². The van der Waals surface area contributed by atoms with E-state index in [4.69, 9.17) is 28.6 Å². The summed E-state index contributed by atoms with van der Waals surface area (Å²) < 4.78 is 5.87. The van der Waals surface area contributed by atoms with Gasteiger partial charge in [-0.3, -0.25) is 0 Å². The van der Waals surface area contributed by atoms with Gasteiger partial charge in [0.25, 0.3) is 0 Å². The molecule has 0 amide bonds. The first-order chi connectivity index (χ1) is 12.1. The maximum Gasteiger partial charge on any atom is 0.127 e. The van der Waals surface area contributed by atoms with Crippen LogP contribution < -0.4 is 9.64 Å². The van der Waals surface area contributed by atoms with Crippen LogP contribution >= 0.6 is 35.2 Å². The molecule has 0 N–H and O–H groups in total. The molecule has 0 fully saturated rings. The third-order valence-electron chi connectivity index (χ3n) is 4.30. The molecule has 1 aromatic heterocycles.